The minimum atomic E-state index is -0.315. The van der Waals surface area contributed by atoms with Crippen molar-refractivity contribution in [2.75, 3.05) is 0 Å². The molecule has 0 bridgehead atoms. The summed E-state index contributed by atoms with van der Waals surface area (Å²) in [7, 11) is 0. The second kappa shape index (κ2) is 4.84. The molecule has 1 atom stereocenters. The monoisotopic (exact) mass is 319 g/mol. The fourth-order valence-electron chi connectivity index (χ4n) is 1.38. The number of rotatable bonds is 2. The first-order valence-corrected chi connectivity index (χ1v) is 6.58. The molecule has 0 saturated heterocycles. The third kappa shape index (κ3) is 2.30. The van der Waals surface area contributed by atoms with Gasteiger partial charge in [0.05, 0.1) is 15.5 Å². The predicted molar refractivity (Wildman–Crippen MR) is 69.5 cm³/mol. The number of benzene rings is 1. The molecule has 0 amide bonds. The van der Waals surface area contributed by atoms with Crippen LogP contribution in [0.5, 0.6) is 0 Å². The summed E-state index contributed by atoms with van der Waals surface area (Å²) in [4.78, 5) is 0.889. The molecule has 0 aliphatic heterocycles. The van der Waals surface area contributed by atoms with E-state index in [0.717, 1.165) is 10.4 Å². The summed E-state index contributed by atoms with van der Waals surface area (Å²) in [5.41, 5.74) is 6.89. The van der Waals surface area contributed by atoms with Gasteiger partial charge in [-0.05, 0) is 45.1 Å². The Balaban J connectivity index is 2.38. The number of thiophene rings is 1. The molecule has 2 rings (SSSR count). The molecule has 16 heavy (non-hydrogen) atoms. The van der Waals surface area contributed by atoms with Crippen molar-refractivity contribution < 1.29 is 4.39 Å². The molecule has 1 nitrogen and oxygen atoms in total. The molecular weight excluding hydrogens is 313 g/mol. The van der Waals surface area contributed by atoms with E-state index in [0.29, 0.717) is 9.50 Å². The zero-order valence-corrected chi connectivity index (χ0v) is 11.2. The van der Waals surface area contributed by atoms with Gasteiger partial charge in [-0.1, -0.05) is 17.7 Å². The van der Waals surface area contributed by atoms with E-state index in [1.807, 2.05) is 5.38 Å². The lowest BCUT2D eigenvalue weighted by molar-refractivity contribution is 0.619. The number of hydrogen-bond donors (Lipinski definition) is 1. The van der Waals surface area contributed by atoms with Crippen LogP contribution in [0.3, 0.4) is 0 Å². The lowest BCUT2D eigenvalue weighted by atomic mass is 10.1. The first kappa shape index (κ1) is 12.0. The van der Waals surface area contributed by atoms with Crippen molar-refractivity contribution in [1.82, 2.24) is 0 Å². The second-order valence-electron chi connectivity index (χ2n) is 3.28. The summed E-state index contributed by atoms with van der Waals surface area (Å²) in [6.45, 7) is 0. The van der Waals surface area contributed by atoms with Crippen LogP contribution in [0.4, 0.5) is 4.39 Å². The molecule has 0 saturated carbocycles. The normalized spacial score (nSPS) is 12.8. The van der Waals surface area contributed by atoms with Crippen molar-refractivity contribution in [2.24, 2.45) is 5.73 Å². The van der Waals surface area contributed by atoms with Gasteiger partial charge in [-0.15, -0.1) is 11.3 Å². The van der Waals surface area contributed by atoms with Crippen molar-refractivity contribution in [3.05, 3.63) is 55.4 Å². The molecule has 0 radical (unpaired) electrons. The van der Waals surface area contributed by atoms with Crippen LogP contribution in [-0.4, -0.2) is 0 Å². The van der Waals surface area contributed by atoms with E-state index < -0.39 is 0 Å². The van der Waals surface area contributed by atoms with Crippen LogP contribution >= 0.6 is 38.9 Å². The van der Waals surface area contributed by atoms with Gasteiger partial charge in [0, 0.05) is 4.88 Å². The van der Waals surface area contributed by atoms with E-state index in [1.54, 1.807) is 18.2 Å². The highest BCUT2D eigenvalue weighted by Crippen LogP contribution is 2.32. The van der Waals surface area contributed by atoms with Gasteiger partial charge in [0.15, 0.2) is 0 Å². The van der Waals surface area contributed by atoms with Gasteiger partial charge in [0.2, 0.25) is 0 Å². The summed E-state index contributed by atoms with van der Waals surface area (Å²) in [6.07, 6.45) is 0. The van der Waals surface area contributed by atoms with E-state index in [1.165, 1.54) is 17.4 Å². The van der Waals surface area contributed by atoms with Crippen molar-refractivity contribution in [1.29, 1.82) is 0 Å². The average Bonchev–Trinajstić information content (AvgIpc) is 2.67. The molecule has 5 heteroatoms. The highest BCUT2D eigenvalue weighted by Gasteiger charge is 2.14. The Hall–Kier alpha value is -0.420. The van der Waals surface area contributed by atoms with Gasteiger partial charge in [0.25, 0.3) is 0 Å². The van der Waals surface area contributed by atoms with Crippen LogP contribution in [0.2, 0.25) is 5.02 Å². The van der Waals surface area contributed by atoms with E-state index in [-0.39, 0.29) is 11.9 Å². The van der Waals surface area contributed by atoms with E-state index >= 15 is 0 Å². The smallest absolute Gasteiger partial charge is 0.137 e. The van der Waals surface area contributed by atoms with Crippen LogP contribution in [0.15, 0.2) is 34.1 Å². The summed E-state index contributed by atoms with van der Waals surface area (Å²) in [5.74, 6) is -0.298. The third-order valence-corrected chi connectivity index (χ3v) is 4.28. The molecule has 2 N–H and O–H groups in total. The molecule has 1 aromatic carbocycles. The van der Waals surface area contributed by atoms with Crippen LogP contribution in [0.25, 0.3) is 0 Å². The van der Waals surface area contributed by atoms with Crippen molar-refractivity contribution in [3.63, 3.8) is 0 Å². The Morgan fingerprint density at radius 2 is 2.12 bits per heavy atom. The Kier molecular flexibility index (Phi) is 3.64. The largest absolute Gasteiger partial charge is 0.320 e. The Bertz CT molecular complexity index is 514. The lowest BCUT2D eigenvalue weighted by Crippen LogP contribution is -2.10. The molecule has 1 aromatic heterocycles. The van der Waals surface area contributed by atoms with Crippen LogP contribution in [0.1, 0.15) is 16.5 Å². The fourth-order valence-corrected chi connectivity index (χ4v) is 2.98. The van der Waals surface area contributed by atoms with E-state index in [2.05, 4.69) is 15.9 Å². The van der Waals surface area contributed by atoms with Crippen molar-refractivity contribution >= 4 is 38.9 Å². The van der Waals surface area contributed by atoms with Gasteiger partial charge in [-0.2, -0.15) is 0 Å². The Labute approximate surface area is 110 Å². The number of halogens is 3. The summed E-state index contributed by atoms with van der Waals surface area (Å²) >= 11 is 10.6. The minimum absolute atomic E-state index is 0.298. The van der Waals surface area contributed by atoms with E-state index in [4.69, 9.17) is 17.3 Å². The van der Waals surface area contributed by atoms with Crippen LogP contribution in [0, 0.1) is 5.82 Å². The molecule has 0 aliphatic carbocycles. The van der Waals surface area contributed by atoms with Crippen LogP contribution in [-0.2, 0) is 0 Å². The van der Waals surface area contributed by atoms with E-state index in [9.17, 15) is 4.39 Å². The molecular formula is C11H8BrClFNS. The third-order valence-electron chi connectivity index (χ3n) is 2.23. The van der Waals surface area contributed by atoms with Gasteiger partial charge in [-0.25, -0.2) is 4.39 Å². The van der Waals surface area contributed by atoms with Crippen LogP contribution < -0.4 is 5.73 Å². The predicted octanol–water partition coefficient (Wildman–Crippen LogP) is 4.35. The van der Waals surface area contributed by atoms with Crippen molar-refractivity contribution in [3.8, 4) is 0 Å². The topological polar surface area (TPSA) is 26.0 Å². The average molecular weight is 321 g/mol. The highest BCUT2D eigenvalue weighted by molar-refractivity contribution is 9.10. The quantitative estimate of drug-likeness (QED) is 0.874. The molecule has 0 spiro atoms. The molecule has 1 unspecified atom stereocenters. The standard InChI is InChI=1S/C11H8BrClFNS/c12-7-5-6(1-2-9(7)14)10(15)11-8(13)3-4-16-11/h1-5,10H,15H2. The zero-order chi connectivity index (χ0) is 11.7. The minimum Gasteiger partial charge on any atom is -0.320 e. The Morgan fingerprint density at radius 3 is 2.69 bits per heavy atom. The molecule has 0 fully saturated rings. The second-order valence-corrected chi connectivity index (χ2v) is 5.49. The maximum Gasteiger partial charge on any atom is 0.137 e. The van der Waals surface area contributed by atoms with Gasteiger partial charge in [0.1, 0.15) is 5.82 Å². The molecule has 2 aromatic rings. The lowest BCUT2D eigenvalue weighted by Gasteiger charge is -2.11. The maximum atomic E-state index is 13.1. The zero-order valence-electron chi connectivity index (χ0n) is 8.08. The van der Waals surface area contributed by atoms with Gasteiger partial charge < -0.3 is 5.73 Å². The SMILES string of the molecule is NC(c1ccc(F)c(Br)c1)c1sccc1Cl. The fraction of sp³-hybridized carbons (Fsp3) is 0.0909. The van der Waals surface area contributed by atoms with Gasteiger partial charge in [-0.3, -0.25) is 0 Å². The van der Waals surface area contributed by atoms with Crippen molar-refractivity contribution in [2.45, 2.75) is 6.04 Å². The number of nitrogens with two attached hydrogens (primary N) is 1. The highest BCUT2D eigenvalue weighted by atomic mass is 79.9. The molecule has 84 valence electrons. The number of hydrogen-bond acceptors (Lipinski definition) is 2. The molecule has 0 aliphatic rings. The maximum absolute atomic E-state index is 13.1. The first-order valence-electron chi connectivity index (χ1n) is 4.53. The first-order chi connectivity index (χ1) is 7.59. The molecule has 1 heterocycles. The Morgan fingerprint density at radius 1 is 1.38 bits per heavy atom. The summed E-state index contributed by atoms with van der Waals surface area (Å²) < 4.78 is 13.5. The summed E-state index contributed by atoms with van der Waals surface area (Å²) in [5, 5.41) is 2.54. The van der Waals surface area contributed by atoms with Gasteiger partial charge >= 0.3 is 0 Å². The summed E-state index contributed by atoms with van der Waals surface area (Å²) in [6, 6.07) is 6.22.